The molecule has 4 N–H and O–H groups in total. The molecule has 1 atom stereocenters. The Morgan fingerprint density at radius 2 is 2.10 bits per heavy atom. The number of hydrogen-bond acceptors (Lipinski definition) is 5. The Bertz CT molecular complexity index is 605. The number of carbonyl (C=O) groups is 1. The number of hydrazine groups is 1. The predicted octanol–water partition coefficient (Wildman–Crippen LogP) is 1.39. The molecule has 0 saturated carbocycles. The first-order valence-electron chi connectivity index (χ1n) is 5.96. The Morgan fingerprint density at radius 3 is 2.75 bits per heavy atom. The van der Waals surface area contributed by atoms with Gasteiger partial charge in [0.25, 0.3) is 5.91 Å². The Labute approximate surface area is 115 Å². The monoisotopic (exact) mass is 275 g/mol. The normalized spacial score (nSPS) is 11.8. The molecule has 7 heteroatoms. The molecule has 0 radical (unpaired) electrons. The number of anilines is 1. The summed E-state index contributed by atoms with van der Waals surface area (Å²) < 4.78 is 13.9. The van der Waals surface area contributed by atoms with Crippen molar-refractivity contribution in [3.63, 3.8) is 0 Å². The Hall–Kier alpha value is -2.54. The maximum atomic E-state index is 13.9. The van der Waals surface area contributed by atoms with Crippen LogP contribution >= 0.6 is 0 Å². The van der Waals surface area contributed by atoms with Gasteiger partial charge in [0.05, 0.1) is 17.3 Å². The molecular weight excluding hydrogens is 261 g/mol. The highest BCUT2D eigenvalue weighted by molar-refractivity contribution is 5.95. The summed E-state index contributed by atoms with van der Waals surface area (Å²) >= 11 is 0. The third-order valence-electron chi connectivity index (χ3n) is 2.75. The number of nitrogen functional groups attached to an aromatic ring is 1. The van der Waals surface area contributed by atoms with Crippen molar-refractivity contribution in [1.82, 2.24) is 15.3 Å². The Morgan fingerprint density at radius 1 is 1.30 bits per heavy atom. The Kier molecular flexibility index (Phi) is 4.21. The van der Waals surface area contributed by atoms with E-state index < -0.39 is 11.7 Å². The number of carbonyl (C=O) groups excluding carboxylic acids is 1. The van der Waals surface area contributed by atoms with Crippen LogP contribution in [0.3, 0.4) is 0 Å². The fourth-order valence-corrected chi connectivity index (χ4v) is 1.70. The molecule has 1 unspecified atom stereocenters. The van der Waals surface area contributed by atoms with Gasteiger partial charge in [-0.25, -0.2) is 15.2 Å². The van der Waals surface area contributed by atoms with Crippen LogP contribution < -0.4 is 16.6 Å². The average Bonchev–Trinajstić information content (AvgIpc) is 2.48. The number of nitrogens with one attached hydrogen (secondary N) is 2. The fraction of sp³-hybridized carbons (Fsp3) is 0.154. The molecule has 104 valence electrons. The van der Waals surface area contributed by atoms with Crippen molar-refractivity contribution in [2.24, 2.45) is 5.84 Å². The average molecular weight is 275 g/mol. The highest BCUT2D eigenvalue weighted by Gasteiger charge is 2.18. The van der Waals surface area contributed by atoms with Crippen molar-refractivity contribution >= 4 is 11.7 Å². The van der Waals surface area contributed by atoms with Gasteiger partial charge in [0.2, 0.25) is 0 Å². The zero-order chi connectivity index (χ0) is 14.5. The molecule has 2 aromatic heterocycles. The second-order valence-corrected chi connectivity index (χ2v) is 4.12. The van der Waals surface area contributed by atoms with Crippen molar-refractivity contribution in [2.45, 2.75) is 13.0 Å². The van der Waals surface area contributed by atoms with E-state index in [1.807, 2.05) is 6.07 Å². The maximum Gasteiger partial charge on any atom is 0.254 e. The second-order valence-electron chi connectivity index (χ2n) is 4.12. The summed E-state index contributed by atoms with van der Waals surface area (Å²) in [6, 6.07) is 6.32. The molecule has 2 rings (SSSR count). The zero-order valence-corrected chi connectivity index (χ0v) is 10.8. The molecule has 0 bridgehead atoms. The van der Waals surface area contributed by atoms with Crippen molar-refractivity contribution < 1.29 is 9.18 Å². The highest BCUT2D eigenvalue weighted by atomic mass is 19.1. The lowest BCUT2D eigenvalue weighted by Crippen LogP contribution is -2.28. The largest absolute Gasteiger partial charge is 0.344 e. The van der Waals surface area contributed by atoms with Crippen LogP contribution in [-0.2, 0) is 0 Å². The minimum Gasteiger partial charge on any atom is -0.344 e. The molecule has 0 aliphatic carbocycles. The van der Waals surface area contributed by atoms with E-state index in [0.717, 1.165) is 0 Å². The summed E-state index contributed by atoms with van der Waals surface area (Å²) in [4.78, 5) is 19.8. The van der Waals surface area contributed by atoms with Gasteiger partial charge >= 0.3 is 0 Å². The number of pyridine rings is 2. The molecule has 0 fully saturated rings. The van der Waals surface area contributed by atoms with Crippen LogP contribution in [0.25, 0.3) is 0 Å². The van der Waals surface area contributed by atoms with Gasteiger partial charge in [-0.15, -0.1) is 0 Å². The summed E-state index contributed by atoms with van der Waals surface area (Å²) in [5.41, 5.74) is 2.66. The minimum absolute atomic E-state index is 0.129. The van der Waals surface area contributed by atoms with Gasteiger partial charge in [0.15, 0.2) is 11.6 Å². The summed E-state index contributed by atoms with van der Waals surface area (Å²) in [7, 11) is 0. The van der Waals surface area contributed by atoms with Crippen molar-refractivity contribution in [2.75, 3.05) is 5.43 Å². The van der Waals surface area contributed by atoms with E-state index in [1.54, 1.807) is 25.3 Å². The van der Waals surface area contributed by atoms with Crippen LogP contribution in [-0.4, -0.2) is 15.9 Å². The molecule has 0 saturated heterocycles. The molecule has 2 aromatic rings. The first-order valence-corrected chi connectivity index (χ1v) is 5.96. The summed E-state index contributed by atoms with van der Waals surface area (Å²) in [5.74, 6) is 3.59. The van der Waals surface area contributed by atoms with Crippen molar-refractivity contribution in [1.29, 1.82) is 0 Å². The van der Waals surface area contributed by atoms with Gasteiger partial charge in [-0.2, -0.15) is 0 Å². The first kappa shape index (κ1) is 13.9. The van der Waals surface area contributed by atoms with Crippen LogP contribution in [0.5, 0.6) is 0 Å². The standard InChI is InChI=1S/C13H14FN5O/c1-8(10-4-2-3-6-16-10)18-13(20)9-5-7-17-12(19-15)11(9)14/h2-8H,15H2,1H3,(H,17,19)(H,18,20). The summed E-state index contributed by atoms with van der Waals surface area (Å²) in [6.07, 6.45) is 2.93. The number of aromatic nitrogens is 2. The summed E-state index contributed by atoms with van der Waals surface area (Å²) in [5, 5.41) is 2.67. The van der Waals surface area contributed by atoms with Gasteiger partial charge in [-0.05, 0) is 25.1 Å². The molecule has 0 aliphatic rings. The van der Waals surface area contributed by atoms with E-state index in [9.17, 15) is 9.18 Å². The molecular formula is C13H14FN5O. The van der Waals surface area contributed by atoms with E-state index in [-0.39, 0.29) is 17.4 Å². The molecule has 0 aromatic carbocycles. The quantitative estimate of drug-likeness (QED) is 0.579. The second kappa shape index (κ2) is 6.07. The van der Waals surface area contributed by atoms with Crippen LogP contribution in [0.2, 0.25) is 0 Å². The maximum absolute atomic E-state index is 13.9. The topological polar surface area (TPSA) is 92.9 Å². The first-order chi connectivity index (χ1) is 9.63. The van der Waals surface area contributed by atoms with Gasteiger partial charge in [-0.3, -0.25) is 9.78 Å². The number of halogens is 1. The number of nitrogens with zero attached hydrogens (tertiary/aromatic N) is 2. The van der Waals surface area contributed by atoms with Gasteiger partial charge in [-0.1, -0.05) is 6.07 Å². The van der Waals surface area contributed by atoms with Crippen LogP contribution in [0.4, 0.5) is 10.2 Å². The number of nitrogens with two attached hydrogens (primary N) is 1. The molecule has 2 heterocycles. The van der Waals surface area contributed by atoms with Crippen LogP contribution in [0.15, 0.2) is 36.7 Å². The van der Waals surface area contributed by atoms with Gasteiger partial charge in [0, 0.05) is 12.4 Å². The smallest absolute Gasteiger partial charge is 0.254 e. The molecule has 6 nitrogen and oxygen atoms in total. The minimum atomic E-state index is -0.791. The van der Waals surface area contributed by atoms with E-state index in [0.29, 0.717) is 5.69 Å². The zero-order valence-electron chi connectivity index (χ0n) is 10.8. The molecule has 1 amide bonds. The summed E-state index contributed by atoms with van der Waals surface area (Å²) in [6.45, 7) is 1.77. The lowest BCUT2D eigenvalue weighted by molar-refractivity contribution is 0.0935. The molecule has 0 spiro atoms. The third-order valence-corrected chi connectivity index (χ3v) is 2.75. The predicted molar refractivity (Wildman–Crippen MR) is 72.1 cm³/mol. The van der Waals surface area contributed by atoms with E-state index in [4.69, 9.17) is 5.84 Å². The molecule has 20 heavy (non-hydrogen) atoms. The van der Waals surface area contributed by atoms with E-state index in [1.165, 1.54) is 12.3 Å². The van der Waals surface area contributed by atoms with E-state index in [2.05, 4.69) is 20.7 Å². The SMILES string of the molecule is CC(NC(=O)c1ccnc(NN)c1F)c1ccccn1. The van der Waals surface area contributed by atoms with Crippen molar-refractivity contribution in [3.8, 4) is 0 Å². The van der Waals surface area contributed by atoms with Gasteiger partial charge in [0.1, 0.15) is 0 Å². The highest BCUT2D eigenvalue weighted by Crippen LogP contribution is 2.15. The van der Waals surface area contributed by atoms with Crippen LogP contribution in [0.1, 0.15) is 29.0 Å². The van der Waals surface area contributed by atoms with Crippen LogP contribution in [0, 0.1) is 5.82 Å². The lowest BCUT2D eigenvalue weighted by Gasteiger charge is -2.14. The van der Waals surface area contributed by atoms with Crippen molar-refractivity contribution in [3.05, 3.63) is 53.7 Å². The molecule has 0 aliphatic heterocycles. The van der Waals surface area contributed by atoms with Gasteiger partial charge < -0.3 is 10.7 Å². The van der Waals surface area contributed by atoms with E-state index >= 15 is 0 Å². The third kappa shape index (κ3) is 2.89. The lowest BCUT2D eigenvalue weighted by atomic mass is 10.1. The fourth-order valence-electron chi connectivity index (χ4n) is 1.70. The number of amides is 1. The number of rotatable bonds is 4. The Balaban J connectivity index is 2.17. The number of hydrogen-bond donors (Lipinski definition) is 3.